The van der Waals surface area contributed by atoms with Crippen LogP contribution in [0.5, 0.6) is 0 Å². The van der Waals surface area contributed by atoms with Gasteiger partial charge >= 0.3 is 0 Å². The Morgan fingerprint density at radius 3 is 2.78 bits per heavy atom. The van der Waals surface area contributed by atoms with Gasteiger partial charge in [0.25, 0.3) is 0 Å². The molecule has 3 rings (SSSR count). The summed E-state index contributed by atoms with van der Waals surface area (Å²) in [5.74, 6) is -0.578. The molecule has 1 fully saturated rings. The van der Waals surface area contributed by atoms with Crippen LogP contribution < -0.4 is 5.32 Å². The third-order valence-corrected chi connectivity index (χ3v) is 4.37. The molecule has 0 radical (unpaired) electrons. The number of likely N-dealkylation sites (tertiary alicyclic amines) is 1. The van der Waals surface area contributed by atoms with E-state index in [0.29, 0.717) is 5.69 Å². The second-order valence-corrected chi connectivity index (χ2v) is 6.23. The topological polar surface area (TPSA) is 32.3 Å². The average molecular weight is 333 g/mol. The van der Waals surface area contributed by atoms with Crippen LogP contribution in [0.2, 0.25) is 5.02 Å². The molecule has 1 saturated heterocycles. The lowest BCUT2D eigenvalue weighted by molar-refractivity contribution is -0.119. The fourth-order valence-corrected chi connectivity index (χ4v) is 3.03. The lowest BCUT2D eigenvalue weighted by atomic mass is 10.1. The number of rotatable bonds is 4. The molecule has 1 N–H and O–H groups in total. The lowest BCUT2D eigenvalue weighted by Crippen LogP contribution is -2.26. The highest BCUT2D eigenvalue weighted by molar-refractivity contribution is 6.31. The van der Waals surface area contributed by atoms with E-state index in [4.69, 9.17) is 11.6 Å². The molecule has 0 aliphatic carbocycles. The molecule has 1 amide bonds. The molecular weight excluding hydrogens is 315 g/mol. The monoisotopic (exact) mass is 332 g/mol. The second kappa shape index (κ2) is 7.11. The van der Waals surface area contributed by atoms with Crippen molar-refractivity contribution in [3.05, 3.63) is 64.9 Å². The van der Waals surface area contributed by atoms with Crippen molar-refractivity contribution in [3.8, 4) is 0 Å². The van der Waals surface area contributed by atoms with E-state index in [1.165, 1.54) is 23.8 Å². The smallest absolute Gasteiger partial charge is 0.228 e. The van der Waals surface area contributed by atoms with E-state index in [1.54, 1.807) is 0 Å². The molecule has 3 nitrogen and oxygen atoms in total. The first-order valence-corrected chi connectivity index (χ1v) is 8.02. The Bertz CT molecular complexity index is 693. The molecule has 1 heterocycles. The van der Waals surface area contributed by atoms with Gasteiger partial charge in [-0.1, -0.05) is 41.9 Å². The van der Waals surface area contributed by atoms with Gasteiger partial charge in [0.15, 0.2) is 0 Å². The zero-order valence-corrected chi connectivity index (χ0v) is 13.4. The molecule has 1 aliphatic heterocycles. The highest BCUT2D eigenvalue weighted by Gasteiger charge is 2.28. The molecule has 0 saturated carbocycles. The Morgan fingerprint density at radius 2 is 2.04 bits per heavy atom. The SMILES string of the molecule is O=C(Nc1ccc(F)c(Cl)c1)C1CCN(Cc2ccccc2)C1. The molecular formula is C18H18ClFN2O. The molecule has 1 unspecified atom stereocenters. The number of nitrogens with one attached hydrogen (secondary N) is 1. The van der Waals surface area contributed by atoms with Crippen LogP contribution in [0.25, 0.3) is 0 Å². The summed E-state index contributed by atoms with van der Waals surface area (Å²) >= 11 is 5.74. The first-order valence-electron chi connectivity index (χ1n) is 7.64. The zero-order chi connectivity index (χ0) is 16.2. The van der Waals surface area contributed by atoms with Crippen LogP contribution in [0.15, 0.2) is 48.5 Å². The summed E-state index contributed by atoms with van der Waals surface area (Å²) in [4.78, 5) is 14.6. The van der Waals surface area contributed by atoms with Gasteiger partial charge in [-0.25, -0.2) is 4.39 Å². The van der Waals surface area contributed by atoms with Gasteiger partial charge in [-0.2, -0.15) is 0 Å². The number of amides is 1. The van der Waals surface area contributed by atoms with Gasteiger partial charge in [0, 0.05) is 18.8 Å². The number of benzene rings is 2. The predicted molar refractivity (Wildman–Crippen MR) is 89.9 cm³/mol. The van der Waals surface area contributed by atoms with Gasteiger partial charge in [0.2, 0.25) is 5.91 Å². The summed E-state index contributed by atoms with van der Waals surface area (Å²) in [7, 11) is 0. The molecule has 23 heavy (non-hydrogen) atoms. The van der Waals surface area contributed by atoms with Gasteiger partial charge in [0.05, 0.1) is 10.9 Å². The summed E-state index contributed by atoms with van der Waals surface area (Å²) in [5.41, 5.74) is 1.78. The molecule has 1 aliphatic rings. The van der Waals surface area contributed by atoms with Crippen molar-refractivity contribution >= 4 is 23.2 Å². The van der Waals surface area contributed by atoms with Crippen molar-refractivity contribution in [1.82, 2.24) is 4.90 Å². The zero-order valence-electron chi connectivity index (χ0n) is 12.6. The van der Waals surface area contributed by atoms with Gasteiger partial charge in [-0.15, -0.1) is 0 Å². The number of carbonyl (C=O) groups is 1. The molecule has 120 valence electrons. The van der Waals surface area contributed by atoms with E-state index in [9.17, 15) is 9.18 Å². The predicted octanol–water partition coefficient (Wildman–Crippen LogP) is 3.94. The minimum absolute atomic E-state index is 0.0138. The second-order valence-electron chi connectivity index (χ2n) is 5.82. The van der Waals surface area contributed by atoms with Crippen molar-refractivity contribution < 1.29 is 9.18 Å². The molecule has 2 aromatic rings. The molecule has 0 bridgehead atoms. The fraction of sp³-hybridized carbons (Fsp3) is 0.278. The van der Waals surface area contributed by atoms with Gasteiger partial charge < -0.3 is 5.32 Å². The Hall–Kier alpha value is -1.91. The van der Waals surface area contributed by atoms with Crippen molar-refractivity contribution in [2.45, 2.75) is 13.0 Å². The van der Waals surface area contributed by atoms with E-state index >= 15 is 0 Å². The van der Waals surface area contributed by atoms with Crippen LogP contribution in [0.3, 0.4) is 0 Å². The summed E-state index contributed by atoms with van der Waals surface area (Å²) in [6.07, 6.45) is 0.827. The summed E-state index contributed by atoms with van der Waals surface area (Å²) in [6.45, 7) is 2.49. The van der Waals surface area contributed by atoms with E-state index in [-0.39, 0.29) is 16.8 Å². The van der Waals surface area contributed by atoms with Crippen LogP contribution in [0.4, 0.5) is 10.1 Å². The number of anilines is 1. The van der Waals surface area contributed by atoms with E-state index < -0.39 is 5.82 Å². The quantitative estimate of drug-likeness (QED) is 0.919. The molecule has 5 heteroatoms. The summed E-state index contributed by atoms with van der Waals surface area (Å²) in [6, 6.07) is 14.4. The highest BCUT2D eigenvalue weighted by Crippen LogP contribution is 2.23. The minimum atomic E-state index is -0.487. The maximum absolute atomic E-state index is 13.1. The normalized spacial score (nSPS) is 18.1. The number of hydrogen-bond acceptors (Lipinski definition) is 2. The van der Waals surface area contributed by atoms with E-state index in [2.05, 4.69) is 22.3 Å². The fourth-order valence-electron chi connectivity index (χ4n) is 2.85. The Morgan fingerprint density at radius 1 is 1.26 bits per heavy atom. The van der Waals surface area contributed by atoms with Crippen LogP contribution in [0, 0.1) is 11.7 Å². The number of nitrogens with zero attached hydrogens (tertiary/aromatic N) is 1. The highest BCUT2D eigenvalue weighted by atomic mass is 35.5. The third kappa shape index (κ3) is 4.09. The van der Waals surface area contributed by atoms with E-state index in [1.807, 2.05) is 18.2 Å². The largest absolute Gasteiger partial charge is 0.326 e. The average Bonchev–Trinajstić information content (AvgIpc) is 3.00. The maximum Gasteiger partial charge on any atom is 0.228 e. The van der Waals surface area contributed by atoms with E-state index in [0.717, 1.165) is 26.1 Å². The van der Waals surface area contributed by atoms with Gasteiger partial charge in [-0.05, 0) is 36.7 Å². The molecule has 0 aromatic heterocycles. The standard InChI is InChI=1S/C18H18ClFN2O/c19-16-10-15(6-7-17(16)20)21-18(23)14-8-9-22(12-14)11-13-4-2-1-3-5-13/h1-7,10,14H,8-9,11-12H2,(H,21,23). The molecule has 0 spiro atoms. The van der Waals surface area contributed by atoms with Crippen LogP contribution in [0.1, 0.15) is 12.0 Å². The Balaban J connectivity index is 1.56. The maximum atomic E-state index is 13.1. The first-order chi connectivity index (χ1) is 11.1. The van der Waals surface area contributed by atoms with Crippen molar-refractivity contribution in [3.63, 3.8) is 0 Å². The van der Waals surface area contributed by atoms with Crippen molar-refractivity contribution in [2.75, 3.05) is 18.4 Å². The van der Waals surface area contributed by atoms with Gasteiger partial charge in [0.1, 0.15) is 5.82 Å². The summed E-state index contributed by atoms with van der Waals surface area (Å²) < 4.78 is 13.1. The van der Waals surface area contributed by atoms with Crippen molar-refractivity contribution in [2.24, 2.45) is 5.92 Å². The Kier molecular flexibility index (Phi) is 4.94. The Labute approximate surface area is 140 Å². The third-order valence-electron chi connectivity index (χ3n) is 4.08. The molecule has 1 atom stereocenters. The van der Waals surface area contributed by atoms with Crippen molar-refractivity contribution in [1.29, 1.82) is 0 Å². The number of hydrogen-bond donors (Lipinski definition) is 1. The first kappa shape index (κ1) is 16.0. The van der Waals surface area contributed by atoms with Gasteiger partial charge in [-0.3, -0.25) is 9.69 Å². The van der Waals surface area contributed by atoms with Crippen LogP contribution in [-0.4, -0.2) is 23.9 Å². The number of halogens is 2. The summed E-state index contributed by atoms with van der Waals surface area (Å²) in [5, 5.41) is 2.83. The number of carbonyl (C=O) groups excluding carboxylic acids is 1. The van der Waals surface area contributed by atoms with Crippen LogP contribution >= 0.6 is 11.6 Å². The molecule has 2 aromatic carbocycles. The lowest BCUT2D eigenvalue weighted by Gasteiger charge is -2.16. The minimum Gasteiger partial charge on any atom is -0.326 e. The van der Waals surface area contributed by atoms with Crippen LogP contribution in [-0.2, 0) is 11.3 Å².